The van der Waals surface area contributed by atoms with Gasteiger partial charge >= 0.3 is 0 Å². The minimum Gasteiger partial charge on any atom is -0.395 e. The van der Waals surface area contributed by atoms with E-state index in [1.165, 1.54) is 11.9 Å². The predicted molar refractivity (Wildman–Crippen MR) is 134 cm³/mol. The highest BCUT2D eigenvalue weighted by atomic mass is 35.5. The first-order chi connectivity index (χ1) is 16.0. The Morgan fingerprint density at radius 1 is 1.18 bits per heavy atom. The van der Waals surface area contributed by atoms with Crippen LogP contribution < -0.4 is 10.0 Å². The lowest BCUT2D eigenvalue weighted by Gasteiger charge is -2.16. The van der Waals surface area contributed by atoms with E-state index in [1.54, 1.807) is 6.20 Å². The second-order valence-electron chi connectivity index (χ2n) is 7.46. The number of aliphatic hydroxyl groups is 1. The Labute approximate surface area is 201 Å². The number of aromatic amines is 1. The van der Waals surface area contributed by atoms with E-state index >= 15 is 0 Å². The van der Waals surface area contributed by atoms with Gasteiger partial charge in [0.15, 0.2) is 11.5 Å². The van der Waals surface area contributed by atoms with E-state index in [-0.39, 0.29) is 6.61 Å². The molecule has 0 unspecified atom stereocenters. The Morgan fingerprint density at radius 2 is 2.06 bits per heavy atom. The Morgan fingerprint density at radius 3 is 2.82 bits per heavy atom. The standard InChI is InChI=1S/C22H25ClN8OS/c1-14-19-21(25-9-10-31(2)11-12-32)26-20(27-22(19)29-28-14)15-6-7-17(16(23)13-15)30-33-18-5-3-4-8-24-18/h3-8,13,30,32H,9-12H2,1-2H3,(H2,25,26,27,28,29). The van der Waals surface area contributed by atoms with Gasteiger partial charge in [-0.2, -0.15) is 5.10 Å². The summed E-state index contributed by atoms with van der Waals surface area (Å²) in [5, 5.41) is 22.0. The Bertz CT molecular complexity index is 1220. The topological polar surface area (TPSA) is 115 Å². The van der Waals surface area contributed by atoms with Gasteiger partial charge in [-0.05, 0) is 44.3 Å². The van der Waals surface area contributed by atoms with Gasteiger partial charge in [0, 0.05) is 49.0 Å². The number of likely N-dealkylation sites (N-methyl/N-ethyl adjacent to an activating group) is 1. The van der Waals surface area contributed by atoms with Crippen molar-refractivity contribution in [1.29, 1.82) is 0 Å². The van der Waals surface area contributed by atoms with Crippen LogP contribution in [0.4, 0.5) is 11.5 Å². The molecule has 11 heteroatoms. The van der Waals surface area contributed by atoms with Gasteiger partial charge in [0.25, 0.3) is 0 Å². The Hall–Kier alpha value is -2.92. The molecule has 0 aliphatic rings. The summed E-state index contributed by atoms with van der Waals surface area (Å²) in [6, 6.07) is 11.4. The quantitative estimate of drug-likeness (QED) is 0.249. The number of anilines is 2. The zero-order valence-electron chi connectivity index (χ0n) is 18.3. The first-order valence-electron chi connectivity index (χ1n) is 10.4. The average molecular weight is 485 g/mol. The lowest BCUT2D eigenvalue weighted by molar-refractivity contribution is 0.225. The van der Waals surface area contributed by atoms with Crippen molar-refractivity contribution in [3.63, 3.8) is 0 Å². The summed E-state index contributed by atoms with van der Waals surface area (Å²) >= 11 is 7.93. The van der Waals surface area contributed by atoms with Crippen LogP contribution in [0.5, 0.6) is 0 Å². The number of hydrogen-bond donors (Lipinski definition) is 4. The third-order valence-electron chi connectivity index (χ3n) is 4.99. The van der Waals surface area contributed by atoms with Gasteiger partial charge in [-0.3, -0.25) is 5.10 Å². The van der Waals surface area contributed by atoms with Crippen LogP contribution in [-0.4, -0.2) is 68.4 Å². The zero-order valence-corrected chi connectivity index (χ0v) is 19.9. The molecular weight excluding hydrogens is 460 g/mol. The molecule has 0 aliphatic heterocycles. The Balaban J connectivity index is 1.55. The van der Waals surface area contributed by atoms with Crippen molar-refractivity contribution in [1.82, 2.24) is 30.0 Å². The fourth-order valence-electron chi connectivity index (χ4n) is 3.22. The van der Waals surface area contributed by atoms with E-state index in [1.807, 2.05) is 55.3 Å². The number of nitrogens with zero attached hydrogens (tertiary/aromatic N) is 5. The molecular formula is C22H25ClN8OS. The molecule has 0 bridgehead atoms. The summed E-state index contributed by atoms with van der Waals surface area (Å²) in [4.78, 5) is 15.7. The molecule has 33 heavy (non-hydrogen) atoms. The van der Waals surface area contributed by atoms with Crippen molar-refractivity contribution in [2.24, 2.45) is 0 Å². The predicted octanol–water partition coefficient (Wildman–Crippen LogP) is 3.83. The molecule has 172 valence electrons. The molecule has 4 rings (SSSR count). The van der Waals surface area contributed by atoms with Gasteiger partial charge in [0.05, 0.1) is 22.7 Å². The highest BCUT2D eigenvalue weighted by Gasteiger charge is 2.15. The summed E-state index contributed by atoms with van der Waals surface area (Å²) in [5.74, 6) is 1.24. The van der Waals surface area contributed by atoms with Gasteiger partial charge in [-0.25, -0.2) is 15.0 Å². The molecule has 0 atom stereocenters. The minimum atomic E-state index is 0.130. The van der Waals surface area contributed by atoms with E-state index in [4.69, 9.17) is 21.7 Å². The number of rotatable bonds is 10. The largest absolute Gasteiger partial charge is 0.395 e. The van der Waals surface area contributed by atoms with Crippen LogP contribution in [0.3, 0.4) is 0 Å². The van der Waals surface area contributed by atoms with Gasteiger partial charge in [0.1, 0.15) is 10.8 Å². The third-order valence-corrected chi connectivity index (χ3v) is 6.08. The van der Waals surface area contributed by atoms with Crippen molar-refractivity contribution >= 4 is 46.1 Å². The molecule has 0 radical (unpaired) electrons. The van der Waals surface area contributed by atoms with Crippen LogP contribution >= 0.6 is 23.5 Å². The fraction of sp³-hybridized carbons (Fsp3) is 0.273. The number of aryl methyl sites for hydroxylation is 1. The maximum Gasteiger partial charge on any atom is 0.186 e. The van der Waals surface area contributed by atoms with Gasteiger partial charge in [-0.1, -0.05) is 17.7 Å². The highest BCUT2D eigenvalue weighted by molar-refractivity contribution is 8.00. The lowest BCUT2D eigenvalue weighted by atomic mass is 10.2. The molecule has 0 amide bonds. The smallest absolute Gasteiger partial charge is 0.186 e. The molecule has 4 N–H and O–H groups in total. The average Bonchev–Trinajstić information content (AvgIpc) is 3.20. The highest BCUT2D eigenvalue weighted by Crippen LogP contribution is 2.32. The summed E-state index contributed by atoms with van der Waals surface area (Å²) < 4.78 is 3.23. The van der Waals surface area contributed by atoms with Gasteiger partial charge in [-0.15, -0.1) is 0 Å². The van der Waals surface area contributed by atoms with Crippen molar-refractivity contribution < 1.29 is 5.11 Å². The molecule has 9 nitrogen and oxygen atoms in total. The third kappa shape index (κ3) is 5.72. The first kappa shape index (κ1) is 23.2. The monoisotopic (exact) mass is 484 g/mol. The lowest BCUT2D eigenvalue weighted by Crippen LogP contribution is -2.28. The molecule has 3 aromatic heterocycles. The second kappa shape index (κ2) is 10.8. The van der Waals surface area contributed by atoms with Gasteiger partial charge in [0.2, 0.25) is 0 Å². The zero-order chi connectivity index (χ0) is 23.2. The summed E-state index contributed by atoms with van der Waals surface area (Å²) in [6.07, 6.45) is 1.75. The first-order valence-corrected chi connectivity index (χ1v) is 11.6. The van der Waals surface area contributed by atoms with Crippen LogP contribution in [0.15, 0.2) is 47.6 Å². The number of aromatic nitrogens is 5. The number of H-pyrrole nitrogens is 1. The number of benzene rings is 1. The maximum atomic E-state index is 9.08. The minimum absolute atomic E-state index is 0.130. The van der Waals surface area contributed by atoms with Gasteiger partial charge < -0.3 is 20.0 Å². The normalized spacial score (nSPS) is 11.3. The molecule has 4 aromatic rings. The number of fused-ring (bicyclic) bond motifs is 1. The maximum absolute atomic E-state index is 9.08. The number of halogens is 1. The molecule has 0 aliphatic carbocycles. The van der Waals surface area contributed by atoms with Crippen molar-refractivity contribution in [2.75, 3.05) is 43.3 Å². The van der Waals surface area contributed by atoms with E-state index in [0.717, 1.165) is 33.9 Å². The SMILES string of the molecule is Cc1[nH]nc2nc(-c3ccc(NSc4ccccn4)c(Cl)c3)nc(NCCN(C)CCO)c12. The molecule has 0 saturated carbocycles. The number of pyridine rings is 1. The summed E-state index contributed by atoms with van der Waals surface area (Å²) in [5.41, 5.74) is 3.05. The fourth-order valence-corrected chi connectivity index (χ4v) is 4.16. The van der Waals surface area contributed by atoms with Crippen LogP contribution in [0, 0.1) is 6.92 Å². The van der Waals surface area contributed by atoms with Crippen LogP contribution in [0.25, 0.3) is 22.4 Å². The van der Waals surface area contributed by atoms with Crippen molar-refractivity contribution in [3.8, 4) is 11.4 Å². The van der Waals surface area contributed by atoms with Crippen molar-refractivity contribution in [2.45, 2.75) is 11.9 Å². The molecule has 3 heterocycles. The van der Waals surface area contributed by atoms with E-state index in [2.05, 4.69) is 30.2 Å². The number of nitrogens with one attached hydrogen (secondary N) is 3. The summed E-state index contributed by atoms with van der Waals surface area (Å²) in [7, 11) is 1.96. The molecule has 0 spiro atoms. The van der Waals surface area contributed by atoms with Crippen LogP contribution in [0.1, 0.15) is 5.69 Å². The van der Waals surface area contributed by atoms with E-state index in [0.29, 0.717) is 35.4 Å². The number of hydrogen-bond acceptors (Lipinski definition) is 9. The second-order valence-corrected chi connectivity index (χ2v) is 8.70. The molecule has 0 fully saturated rings. The van der Waals surface area contributed by atoms with Crippen molar-refractivity contribution in [3.05, 3.63) is 53.3 Å². The molecule has 1 aromatic carbocycles. The Kier molecular flexibility index (Phi) is 7.61. The summed E-state index contributed by atoms with van der Waals surface area (Å²) in [6.45, 7) is 4.12. The number of aliphatic hydroxyl groups excluding tert-OH is 1. The van der Waals surface area contributed by atoms with E-state index in [9.17, 15) is 0 Å². The molecule has 0 saturated heterocycles. The van der Waals surface area contributed by atoms with Crippen LogP contribution in [-0.2, 0) is 0 Å². The van der Waals surface area contributed by atoms with Crippen LogP contribution in [0.2, 0.25) is 5.02 Å². The van der Waals surface area contributed by atoms with E-state index < -0.39 is 0 Å².